The zero-order valence-electron chi connectivity index (χ0n) is 14.9. The van der Waals surface area contributed by atoms with E-state index in [1.54, 1.807) is 0 Å². The van der Waals surface area contributed by atoms with Gasteiger partial charge in [-0.2, -0.15) is 13.2 Å². The maximum absolute atomic E-state index is 12.6. The van der Waals surface area contributed by atoms with E-state index in [1.165, 1.54) is 12.1 Å². The van der Waals surface area contributed by atoms with Crippen molar-refractivity contribution in [3.05, 3.63) is 35.4 Å². The Morgan fingerprint density at radius 2 is 1.42 bits per heavy atom. The molecule has 6 heteroatoms. The molecule has 138 valence electrons. The van der Waals surface area contributed by atoms with Gasteiger partial charge in [0.1, 0.15) is 0 Å². The molecule has 2 atom stereocenters. The summed E-state index contributed by atoms with van der Waals surface area (Å²) in [5.41, 5.74) is -2.17. The molecule has 0 aromatic heterocycles. The number of amides is 2. The first kappa shape index (κ1) is 18.5. The summed E-state index contributed by atoms with van der Waals surface area (Å²) >= 11 is 0. The van der Waals surface area contributed by atoms with Crippen LogP contribution in [0.3, 0.4) is 0 Å². The lowest BCUT2D eigenvalue weighted by molar-refractivity contribution is -0.158. The molecule has 1 aliphatic heterocycles. The Kier molecular flexibility index (Phi) is 3.99. The second kappa shape index (κ2) is 5.60. The molecule has 1 N–H and O–H groups in total. The fourth-order valence-corrected chi connectivity index (χ4v) is 4.55. The van der Waals surface area contributed by atoms with Gasteiger partial charge in [0.25, 0.3) is 0 Å². The van der Waals surface area contributed by atoms with Crippen LogP contribution in [0.25, 0.3) is 0 Å². The van der Waals surface area contributed by atoms with Crippen LogP contribution in [0.2, 0.25) is 0 Å². The third kappa shape index (κ3) is 3.23. The second-order valence-electron chi connectivity index (χ2n) is 8.32. The minimum absolute atomic E-state index is 0.276. The molecule has 2 bridgehead atoms. The molecule has 3 rings (SSSR count). The van der Waals surface area contributed by atoms with E-state index >= 15 is 0 Å². The van der Waals surface area contributed by atoms with Crippen LogP contribution in [0.5, 0.6) is 0 Å². The predicted octanol–water partition coefficient (Wildman–Crippen LogP) is 3.92. The molecule has 1 saturated heterocycles. The molecule has 1 aliphatic carbocycles. The topological polar surface area (TPSA) is 46.2 Å². The highest BCUT2D eigenvalue weighted by atomic mass is 19.4. The number of hydrogen-bond donors (Lipinski definition) is 1. The summed E-state index contributed by atoms with van der Waals surface area (Å²) in [6.07, 6.45) is -2.89. The van der Waals surface area contributed by atoms with Crippen LogP contribution in [0.1, 0.15) is 51.2 Å². The van der Waals surface area contributed by atoms with Gasteiger partial charge in [-0.25, -0.2) is 0 Å². The van der Waals surface area contributed by atoms with E-state index in [9.17, 15) is 22.8 Å². The monoisotopic (exact) mass is 363 g/mol. The zero-order chi connectivity index (χ0) is 19.4. The summed E-state index contributed by atoms with van der Waals surface area (Å²) < 4.78 is 37.9. The van der Waals surface area contributed by atoms with E-state index in [4.69, 9.17) is 0 Å². The van der Waals surface area contributed by atoms with Crippen molar-refractivity contribution in [2.24, 2.45) is 16.2 Å². The predicted molar refractivity (Wildman–Crippen MR) is 89.6 cm³/mol. The molecule has 2 unspecified atom stereocenters. The van der Waals surface area contributed by atoms with Gasteiger partial charge in [-0.1, -0.05) is 25.7 Å². The molecule has 2 aliphatic rings. The quantitative estimate of drug-likeness (QED) is 0.561. The van der Waals surface area contributed by atoms with Crippen LogP contribution >= 0.6 is 0 Å². The number of carbonyl (C=O) groups excluding carboxylic acids is 2. The van der Waals surface area contributed by atoms with Crippen molar-refractivity contribution < 1.29 is 22.8 Å². The van der Waals surface area contributed by atoms with Crippen molar-refractivity contribution in [2.45, 2.75) is 46.2 Å². The van der Waals surface area contributed by atoms with Crippen LogP contribution in [0.4, 0.5) is 13.2 Å². The number of benzene rings is 1. The molecule has 2 fully saturated rings. The number of nitrogens with one attached hydrogen (secondary N) is 1. The smallest absolute Gasteiger partial charge is 0.296 e. The SMILES string of the molecule is CC1(C#Cc2ccc(C(F)(F)F)cc2)CC2(C)CC(C)(C1)C(=O)NC2=O. The molecular weight excluding hydrogens is 343 g/mol. The maximum Gasteiger partial charge on any atom is 0.416 e. The minimum atomic E-state index is -4.38. The normalized spacial score (nSPS) is 33.9. The highest BCUT2D eigenvalue weighted by molar-refractivity contribution is 6.03. The first-order valence-corrected chi connectivity index (χ1v) is 8.42. The van der Waals surface area contributed by atoms with Crippen LogP contribution < -0.4 is 5.32 Å². The Balaban J connectivity index is 1.89. The first-order chi connectivity index (χ1) is 11.9. The van der Waals surface area contributed by atoms with Gasteiger partial charge in [0, 0.05) is 21.8 Å². The lowest BCUT2D eigenvalue weighted by Gasteiger charge is -2.52. The van der Waals surface area contributed by atoms with E-state index in [1.807, 2.05) is 20.8 Å². The Morgan fingerprint density at radius 3 is 1.88 bits per heavy atom. The third-order valence-electron chi connectivity index (χ3n) is 5.39. The molecule has 1 heterocycles. The maximum atomic E-state index is 12.6. The van der Waals surface area contributed by atoms with Crippen LogP contribution in [-0.2, 0) is 15.8 Å². The zero-order valence-corrected chi connectivity index (χ0v) is 14.9. The molecule has 1 aromatic carbocycles. The van der Waals surface area contributed by atoms with Crippen molar-refractivity contribution in [3.8, 4) is 11.8 Å². The van der Waals surface area contributed by atoms with Gasteiger partial charge in [0.05, 0.1) is 5.56 Å². The van der Waals surface area contributed by atoms with E-state index < -0.39 is 28.0 Å². The van der Waals surface area contributed by atoms with Crippen molar-refractivity contribution >= 4 is 11.8 Å². The van der Waals surface area contributed by atoms with Gasteiger partial charge in [-0.05, 0) is 50.5 Å². The highest BCUT2D eigenvalue weighted by Gasteiger charge is 2.58. The number of rotatable bonds is 0. The van der Waals surface area contributed by atoms with Crippen LogP contribution in [-0.4, -0.2) is 11.8 Å². The average Bonchev–Trinajstić information content (AvgIpc) is 2.50. The molecule has 0 radical (unpaired) electrons. The Morgan fingerprint density at radius 1 is 0.923 bits per heavy atom. The Labute approximate surface area is 150 Å². The summed E-state index contributed by atoms with van der Waals surface area (Å²) in [5.74, 6) is 5.50. The molecule has 26 heavy (non-hydrogen) atoms. The highest BCUT2D eigenvalue weighted by Crippen LogP contribution is 2.56. The summed E-state index contributed by atoms with van der Waals surface area (Å²) in [5, 5.41) is 2.46. The molecule has 2 amide bonds. The molecule has 3 nitrogen and oxygen atoms in total. The van der Waals surface area contributed by atoms with Crippen molar-refractivity contribution in [3.63, 3.8) is 0 Å². The minimum Gasteiger partial charge on any atom is -0.296 e. The van der Waals surface area contributed by atoms with Gasteiger partial charge in [-0.15, -0.1) is 0 Å². The third-order valence-corrected chi connectivity index (χ3v) is 5.39. The number of hydrogen-bond acceptors (Lipinski definition) is 2. The number of carbonyl (C=O) groups is 2. The number of alkyl halides is 3. The first-order valence-electron chi connectivity index (χ1n) is 8.42. The van der Waals surface area contributed by atoms with E-state index in [2.05, 4.69) is 17.2 Å². The van der Waals surface area contributed by atoms with Gasteiger partial charge in [0.2, 0.25) is 11.8 Å². The van der Waals surface area contributed by atoms with Crippen LogP contribution in [0, 0.1) is 28.1 Å². The molecule has 1 saturated carbocycles. The number of piperidine rings is 1. The van der Waals surface area contributed by atoms with Crippen molar-refractivity contribution in [1.29, 1.82) is 0 Å². The molecule has 0 spiro atoms. The summed E-state index contributed by atoms with van der Waals surface area (Å²) in [7, 11) is 0. The van der Waals surface area contributed by atoms with Crippen LogP contribution in [0.15, 0.2) is 24.3 Å². The summed E-state index contributed by atoms with van der Waals surface area (Å²) in [4.78, 5) is 24.6. The van der Waals surface area contributed by atoms with Gasteiger partial charge in [0.15, 0.2) is 0 Å². The van der Waals surface area contributed by atoms with Gasteiger partial charge >= 0.3 is 6.18 Å². The molecule has 1 aromatic rings. The standard InChI is InChI=1S/C20H20F3NO2/c1-17(9-8-13-4-6-14(7-5-13)20(21,22)23)10-18(2)12-19(3,11-17)16(26)24-15(18)25/h4-7H,10-12H2,1-3H3,(H,24,25,26). The Bertz CT molecular complexity index is 803. The van der Waals surface area contributed by atoms with E-state index in [0.717, 1.165) is 12.1 Å². The number of imide groups is 1. The largest absolute Gasteiger partial charge is 0.416 e. The van der Waals surface area contributed by atoms with E-state index in [0.29, 0.717) is 24.8 Å². The second-order valence-corrected chi connectivity index (χ2v) is 8.32. The Hall–Kier alpha value is -2.29. The fourth-order valence-electron chi connectivity index (χ4n) is 4.55. The lowest BCUT2D eigenvalue weighted by atomic mass is 9.52. The van der Waals surface area contributed by atoms with Crippen molar-refractivity contribution in [2.75, 3.05) is 0 Å². The van der Waals surface area contributed by atoms with Crippen molar-refractivity contribution in [1.82, 2.24) is 5.32 Å². The van der Waals surface area contributed by atoms with Gasteiger partial charge < -0.3 is 0 Å². The van der Waals surface area contributed by atoms with E-state index in [-0.39, 0.29) is 11.8 Å². The summed E-state index contributed by atoms with van der Waals surface area (Å²) in [6.45, 7) is 5.58. The fraction of sp³-hybridized carbons (Fsp3) is 0.500. The summed E-state index contributed by atoms with van der Waals surface area (Å²) in [6, 6.07) is 4.68. The molecular formula is C20H20F3NO2. The number of fused-ring (bicyclic) bond motifs is 2. The lowest BCUT2D eigenvalue weighted by Crippen LogP contribution is -2.61. The van der Waals surface area contributed by atoms with Gasteiger partial charge in [-0.3, -0.25) is 14.9 Å². The number of halogens is 3. The average molecular weight is 363 g/mol.